The third kappa shape index (κ3) is 2.46. The lowest BCUT2D eigenvalue weighted by molar-refractivity contribution is -0.0511. The molecule has 3 aromatic heterocycles. The van der Waals surface area contributed by atoms with Gasteiger partial charge < -0.3 is 20.1 Å². The molecule has 25 heavy (non-hydrogen) atoms. The number of nitrogens with zero attached hydrogens (tertiary/aromatic N) is 6. The van der Waals surface area contributed by atoms with Gasteiger partial charge in [-0.25, -0.2) is 15.0 Å². The lowest BCUT2D eigenvalue weighted by Crippen LogP contribution is -2.33. The van der Waals surface area contributed by atoms with Crippen molar-refractivity contribution in [3.8, 4) is 0 Å². The van der Waals surface area contributed by atoms with E-state index in [1.165, 1.54) is 17.2 Å². The van der Waals surface area contributed by atoms with Gasteiger partial charge >= 0.3 is 0 Å². The summed E-state index contributed by atoms with van der Waals surface area (Å²) in [7, 11) is 1.84. The number of fused-ring (bicyclic) bond motifs is 1. The molecule has 0 spiro atoms. The van der Waals surface area contributed by atoms with E-state index >= 15 is 0 Å². The number of aromatic nitrogens is 5. The Hall–Kier alpha value is -2.53. The average Bonchev–Trinajstić information content (AvgIpc) is 3.35. The van der Waals surface area contributed by atoms with Gasteiger partial charge in [0.1, 0.15) is 24.6 Å². The number of ether oxygens (including phenoxy) is 1. The van der Waals surface area contributed by atoms with Crippen LogP contribution in [0.1, 0.15) is 6.23 Å². The van der Waals surface area contributed by atoms with Crippen LogP contribution in [0.2, 0.25) is 0 Å². The molecule has 1 fully saturated rings. The minimum atomic E-state index is -1.20. The van der Waals surface area contributed by atoms with Crippen LogP contribution in [0.15, 0.2) is 37.2 Å². The minimum absolute atomic E-state index is 0.391. The summed E-state index contributed by atoms with van der Waals surface area (Å²) in [6, 6.07) is 3.79. The largest absolute Gasteiger partial charge is 0.394 e. The Morgan fingerprint density at radius 1 is 1.16 bits per heavy atom. The van der Waals surface area contributed by atoms with E-state index in [4.69, 9.17) is 4.74 Å². The number of hydrogen-bond acceptors (Lipinski definition) is 8. The zero-order chi connectivity index (χ0) is 17.6. The number of aliphatic hydroxyl groups excluding tert-OH is 3. The van der Waals surface area contributed by atoms with Crippen LogP contribution < -0.4 is 5.01 Å². The summed E-state index contributed by atoms with van der Waals surface area (Å²) < 4.78 is 8.93. The first-order valence-corrected chi connectivity index (χ1v) is 7.78. The summed E-state index contributed by atoms with van der Waals surface area (Å²) in [4.78, 5) is 12.9. The van der Waals surface area contributed by atoms with E-state index in [0.717, 1.165) is 0 Å². The maximum atomic E-state index is 10.2. The first-order valence-electron chi connectivity index (χ1n) is 7.78. The fraction of sp³-hybridized carbons (Fsp3) is 0.400. The highest BCUT2D eigenvalue weighted by Crippen LogP contribution is 2.32. The summed E-state index contributed by atoms with van der Waals surface area (Å²) >= 11 is 0. The Morgan fingerprint density at radius 3 is 2.60 bits per heavy atom. The van der Waals surface area contributed by atoms with E-state index in [-0.39, 0.29) is 0 Å². The number of aliphatic hydroxyl groups is 3. The van der Waals surface area contributed by atoms with Crippen LogP contribution >= 0.6 is 0 Å². The van der Waals surface area contributed by atoms with Crippen LogP contribution in [0.25, 0.3) is 11.2 Å². The Kier molecular flexibility index (Phi) is 3.88. The van der Waals surface area contributed by atoms with Gasteiger partial charge in [0.15, 0.2) is 23.2 Å². The lowest BCUT2D eigenvalue weighted by atomic mass is 10.1. The van der Waals surface area contributed by atoms with Gasteiger partial charge in [-0.1, -0.05) is 0 Å². The normalized spacial score (nSPS) is 26.4. The number of anilines is 1. The second-order valence-corrected chi connectivity index (χ2v) is 5.84. The molecule has 0 bridgehead atoms. The van der Waals surface area contributed by atoms with E-state index in [2.05, 4.69) is 15.0 Å². The third-order valence-corrected chi connectivity index (χ3v) is 4.37. The Labute approximate surface area is 142 Å². The van der Waals surface area contributed by atoms with Crippen molar-refractivity contribution in [2.24, 2.45) is 0 Å². The van der Waals surface area contributed by atoms with Crippen LogP contribution in [0, 0.1) is 0 Å². The van der Waals surface area contributed by atoms with Gasteiger partial charge in [0.05, 0.1) is 12.9 Å². The molecule has 3 N–H and O–H groups in total. The summed E-state index contributed by atoms with van der Waals surface area (Å²) in [6.07, 6.45) is 2.49. The molecule has 0 amide bonds. The second kappa shape index (κ2) is 6.08. The molecule has 0 aliphatic carbocycles. The van der Waals surface area contributed by atoms with Crippen molar-refractivity contribution in [2.45, 2.75) is 24.5 Å². The van der Waals surface area contributed by atoms with Crippen LogP contribution in [0.3, 0.4) is 0 Å². The Morgan fingerprint density at radius 2 is 1.92 bits per heavy atom. The van der Waals surface area contributed by atoms with Crippen molar-refractivity contribution in [1.82, 2.24) is 24.2 Å². The number of imidazole rings is 1. The van der Waals surface area contributed by atoms with E-state index in [0.29, 0.717) is 17.0 Å². The zero-order valence-electron chi connectivity index (χ0n) is 13.4. The SMILES string of the molecule is CN(c1ncnc2c1ncn2[C@@H]1O[C@H](CO)[C@@H](O)[C@H]1O)n1cccc1. The van der Waals surface area contributed by atoms with Gasteiger partial charge in [-0.05, 0) is 12.1 Å². The molecule has 3 aromatic rings. The third-order valence-electron chi connectivity index (χ3n) is 4.37. The molecule has 0 saturated carbocycles. The lowest BCUT2D eigenvalue weighted by Gasteiger charge is -2.20. The number of rotatable bonds is 4. The Balaban J connectivity index is 1.75. The molecular formula is C15H18N6O4. The molecule has 1 saturated heterocycles. The van der Waals surface area contributed by atoms with Crippen molar-refractivity contribution in [3.05, 3.63) is 37.2 Å². The fourth-order valence-electron chi connectivity index (χ4n) is 3.01. The maximum Gasteiger partial charge on any atom is 0.178 e. The van der Waals surface area contributed by atoms with Crippen LogP contribution in [-0.2, 0) is 4.74 Å². The molecule has 0 radical (unpaired) electrons. The molecule has 1 aliphatic heterocycles. The zero-order valence-corrected chi connectivity index (χ0v) is 13.4. The summed E-state index contributed by atoms with van der Waals surface area (Å²) in [5, 5.41) is 31.2. The highest BCUT2D eigenvalue weighted by Gasteiger charge is 2.44. The molecule has 4 heterocycles. The Bertz CT molecular complexity index is 866. The fourth-order valence-corrected chi connectivity index (χ4v) is 3.01. The van der Waals surface area contributed by atoms with Crippen LogP contribution in [-0.4, -0.2) is 71.5 Å². The van der Waals surface area contributed by atoms with Gasteiger partial charge in [-0.2, -0.15) is 0 Å². The molecule has 4 rings (SSSR count). The highest BCUT2D eigenvalue weighted by molar-refractivity contribution is 5.83. The van der Waals surface area contributed by atoms with E-state index in [9.17, 15) is 15.3 Å². The van der Waals surface area contributed by atoms with Gasteiger partial charge in [-0.15, -0.1) is 0 Å². The quantitative estimate of drug-likeness (QED) is 0.558. The van der Waals surface area contributed by atoms with Gasteiger partial charge in [0.25, 0.3) is 0 Å². The van der Waals surface area contributed by atoms with Crippen molar-refractivity contribution in [3.63, 3.8) is 0 Å². The van der Waals surface area contributed by atoms with Crippen molar-refractivity contribution in [1.29, 1.82) is 0 Å². The smallest absolute Gasteiger partial charge is 0.178 e. The molecule has 10 heteroatoms. The van der Waals surface area contributed by atoms with Crippen LogP contribution in [0.5, 0.6) is 0 Å². The predicted octanol–water partition coefficient (Wildman–Crippen LogP) is -0.861. The summed E-state index contributed by atoms with van der Waals surface area (Å²) in [5.41, 5.74) is 0.982. The van der Waals surface area contributed by atoms with Crippen LogP contribution in [0.4, 0.5) is 5.82 Å². The summed E-state index contributed by atoms with van der Waals surface area (Å²) in [5.74, 6) is 0.576. The van der Waals surface area contributed by atoms with Gasteiger partial charge in [0, 0.05) is 19.4 Å². The first-order chi connectivity index (χ1) is 12.1. The van der Waals surface area contributed by atoms with Crippen molar-refractivity contribution >= 4 is 17.0 Å². The van der Waals surface area contributed by atoms with Gasteiger partial charge in [-0.3, -0.25) is 14.3 Å². The molecular weight excluding hydrogens is 328 g/mol. The molecule has 10 nitrogen and oxygen atoms in total. The molecule has 0 aromatic carbocycles. The topological polar surface area (TPSA) is 122 Å². The molecule has 4 atom stereocenters. The maximum absolute atomic E-state index is 10.2. The minimum Gasteiger partial charge on any atom is -0.394 e. The first kappa shape index (κ1) is 16.0. The van der Waals surface area contributed by atoms with Crippen molar-refractivity contribution < 1.29 is 20.1 Å². The highest BCUT2D eigenvalue weighted by atomic mass is 16.6. The molecule has 132 valence electrons. The monoisotopic (exact) mass is 346 g/mol. The average molecular weight is 346 g/mol. The molecule has 0 unspecified atom stereocenters. The van der Waals surface area contributed by atoms with E-state index in [1.54, 1.807) is 5.01 Å². The second-order valence-electron chi connectivity index (χ2n) is 5.84. The summed E-state index contributed by atoms with van der Waals surface area (Å²) in [6.45, 7) is -0.391. The van der Waals surface area contributed by atoms with E-state index < -0.39 is 31.1 Å². The van der Waals surface area contributed by atoms with E-state index in [1.807, 2.05) is 36.3 Å². The molecule has 1 aliphatic rings. The predicted molar refractivity (Wildman–Crippen MR) is 86.6 cm³/mol. The van der Waals surface area contributed by atoms with Gasteiger partial charge in [0.2, 0.25) is 0 Å². The standard InChI is InChI=1S/C15H18N6O4/c1-19(20-4-2-3-5-20)13-10-14(17-7-16-13)21(8-18-10)15-12(24)11(23)9(6-22)25-15/h2-5,7-9,11-12,15,22-24H,6H2,1H3/t9-,11-,12-,15-/m1/s1. The number of hydrogen-bond donors (Lipinski definition) is 3. The van der Waals surface area contributed by atoms with Crippen molar-refractivity contribution in [2.75, 3.05) is 18.7 Å².